The molecule has 118 valence electrons. The van der Waals surface area contributed by atoms with E-state index in [1.165, 1.54) is 24.3 Å². The van der Waals surface area contributed by atoms with Crippen molar-refractivity contribution in [3.05, 3.63) is 69.5 Å². The third-order valence-electron chi connectivity index (χ3n) is 2.59. The standard InChI is InChI=1S/C13H6ClF5.CH2O2/c14-7-3-1-6(2-4-7)5-8-9(15)11(17)13(19)12(18)10(8)16;2-1-3/h1-4H,5H2;1H,(H,2,3). The van der Waals surface area contributed by atoms with Gasteiger partial charge in [0.05, 0.1) is 0 Å². The van der Waals surface area contributed by atoms with Crippen molar-refractivity contribution in [2.45, 2.75) is 6.42 Å². The third-order valence-corrected chi connectivity index (χ3v) is 2.85. The van der Waals surface area contributed by atoms with Gasteiger partial charge in [0.2, 0.25) is 5.82 Å². The predicted octanol–water partition coefficient (Wildman–Crippen LogP) is 4.33. The normalized spacial score (nSPS) is 9.91. The third kappa shape index (κ3) is 3.94. The molecule has 0 aromatic heterocycles. The summed E-state index contributed by atoms with van der Waals surface area (Å²) in [5, 5.41) is 7.29. The molecule has 0 bridgehead atoms. The molecule has 8 heteroatoms. The lowest BCUT2D eigenvalue weighted by molar-refractivity contribution is -0.122. The Morgan fingerprint density at radius 1 is 0.864 bits per heavy atom. The predicted molar refractivity (Wildman–Crippen MR) is 69.2 cm³/mol. The fourth-order valence-corrected chi connectivity index (χ4v) is 1.74. The Hall–Kier alpha value is -2.15. The summed E-state index contributed by atoms with van der Waals surface area (Å²) in [5.41, 5.74) is -0.480. The average molecular weight is 339 g/mol. The number of hydrogen-bond donors (Lipinski definition) is 1. The molecule has 0 aliphatic carbocycles. The molecule has 0 amide bonds. The first kappa shape index (κ1) is 17.9. The van der Waals surface area contributed by atoms with Crippen LogP contribution >= 0.6 is 11.6 Å². The monoisotopic (exact) mass is 338 g/mol. The molecule has 22 heavy (non-hydrogen) atoms. The molecule has 2 rings (SSSR count). The zero-order chi connectivity index (χ0) is 16.9. The maximum atomic E-state index is 13.4. The van der Waals surface area contributed by atoms with Crippen LogP contribution in [0.25, 0.3) is 0 Å². The highest BCUT2D eigenvalue weighted by Gasteiger charge is 2.25. The number of halogens is 6. The molecule has 0 saturated carbocycles. The van der Waals surface area contributed by atoms with Gasteiger partial charge < -0.3 is 5.11 Å². The molecule has 2 nitrogen and oxygen atoms in total. The Morgan fingerprint density at radius 2 is 1.23 bits per heavy atom. The molecular formula is C14H8ClF5O2. The summed E-state index contributed by atoms with van der Waals surface area (Å²) in [6.07, 6.45) is -0.414. The van der Waals surface area contributed by atoms with Gasteiger partial charge in [0.15, 0.2) is 23.3 Å². The highest BCUT2D eigenvalue weighted by Crippen LogP contribution is 2.25. The van der Waals surface area contributed by atoms with Gasteiger partial charge in [-0.25, -0.2) is 22.0 Å². The van der Waals surface area contributed by atoms with Crippen LogP contribution < -0.4 is 0 Å². The van der Waals surface area contributed by atoms with Gasteiger partial charge >= 0.3 is 0 Å². The molecule has 1 N–H and O–H groups in total. The van der Waals surface area contributed by atoms with Crippen LogP contribution in [0.4, 0.5) is 22.0 Å². The lowest BCUT2D eigenvalue weighted by atomic mass is 10.0. The maximum absolute atomic E-state index is 13.4. The Morgan fingerprint density at radius 3 is 1.64 bits per heavy atom. The molecular weight excluding hydrogens is 331 g/mol. The van der Waals surface area contributed by atoms with Crippen molar-refractivity contribution in [3.8, 4) is 0 Å². The minimum Gasteiger partial charge on any atom is -0.483 e. The van der Waals surface area contributed by atoms with Gasteiger partial charge in [-0.05, 0) is 17.7 Å². The van der Waals surface area contributed by atoms with Crippen LogP contribution in [-0.2, 0) is 11.2 Å². The Labute approximate surface area is 126 Å². The van der Waals surface area contributed by atoms with Gasteiger partial charge in [-0.15, -0.1) is 0 Å². The van der Waals surface area contributed by atoms with Crippen molar-refractivity contribution in [1.82, 2.24) is 0 Å². The molecule has 2 aromatic carbocycles. The van der Waals surface area contributed by atoms with Gasteiger partial charge in [-0.2, -0.15) is 0 Å². The molecule has 0 aliphatic heterocycles. The van der Waals surface area contributed by atoms with Gasteiger partial charge in [0, 0.05) is 17.0 Å². The van der Waals surface area contributed by atoms with Crippen LogP contribution in [0.15, 0.2) is 24.3 Å². The van der Waals surface area contributed by atoms with E-state index in [0.29, 0.717) is 10.6 Å². The largest absolute Gasteiger partial charge is 0.483 e. The summed E-state index contributed by atoms with van der Waals surface area (Å²) in [4.78, 5) is 8.36. The SMILES string of the molecule is Fc1c(F)c(F)c(Cc2ccc(Cl)cc2)c(F)c1F.O=CO. The van der Waals surface area contributed by atoms with Gasteiger partial charge in [0.25, 0.3) is 6.47 Å². The fourth-order valence-electron chi connectivity index (χ4n) is 1.61. The van der Waals surface area contributed by atoms with Crippen LogP contribution in [0.2, 0.25) is 5.02 Å². The fraction of sp³-hybridized carbons (Fsp3) is 0.0714. The lowest BCUT2D eigenvalue weighted by Crippen LogP contribution is -2.07. The summed E-state index contributed by atoms with van der Waals surface area (Å²) in [7, 11) is 0. The number of benzene rings is 2. The zero-order valence-corrected chi connectivity index (χ0v) is 11.5. The number of carbonyl (C=O) groups is 1. The molecule has 0 unspecified atom stereocenters. The molecule has 0 fully saturated rings. The lowest BCUT2D eigenvalue weighted by Gasteiger charge is -2.08. The Bertz CT molecular complexity index is 645. The summed E-state index contributed by atoms with van der Waals surface area (Å²) >= 11 is 5.63. The van der Waals surface area contributed by atoms with E-state index in [0.717, 1.165) is 0 Å². The summed E-state index contributed by atoms with van der Waals surface area (Å²) in [6, 6.07) is 5.81. The molecule has 0 saturated heterocycles. The minimum absolute atomic E-state index is 0.250. The topological polar surface area (TPSA) is 37.3 Å². The van der Waals surface area contributed by atoms with Gasteiger partial charge in [0.1, 0.15) is 0 Å². The molecule has 0 atom stereocenters. The van der Waals surface area contributed by atoms with Crippen LogP contribution in [0, 0.1) is 29.1 Å². The first-order chi connectivity index (χ1) is 10.3. The molecule has 2 aromatic rings. The van der Waals surface area contributed by atoms with E-state index in [1.807, 2.05) is 0 Å². The van der Waals surface area contributed by atoms with E-state index < -0.39 is 41.1 Å². The van der Waals surface area contributed by atoms with E-state index in [2.05, 4.69) is 0 Å². The van der Waals surface area contributed by atoms with Crippen LogP contribution in [-0.4, -0.2) is 11.6 Å². The van der Waals surface area contributed by atoms with Gasteiger partial charge in [-0.1, -0.05) is 23.7 Å². The maximum Gasteiger partial charge on any atom is 0.290 e. The van der Waals surface area contributed by atoms with E-state index >= 15 is 0 Å². The second kappa shape index (κ2) is 7.74. The molecule has 0 aliphatic rings. The molecule has 0 heterocycles. The van der Waals surface area contributed by atoms with Crippen molar-refractivity contribution in [1.29, 1.82) is 0 Å². The van der Waals surface area contributed by atoms with E-state index in [9.17, 15) is 22.0 Å². The van der Waals surface area contributed by atoms with Crippen molar-refractivity contribution in [2.24, 2.45) is 0 Å². The zero-order valence-electron chi connectivity index (χ0n) is 10.7. The minimum atomic E-state index is -2.16. The van der Waals surface area contributed by atoms with E-state index in [-0.39, 0.29) is 6.47 Å². The van der Waals surface area contributed by atoms with Crippen molar-refractivity contribution >= 4 is 18.1 Å². The van der Waals surface area contributed by atoms with Crippen LogP contribution in [0.5, 0.6) is 0 Å². The number of carboxylic acid groups (broad SMARTS) is 1. The second-order valence-electron chi connectivity index (χ2n) is 3.96. The Kier molecular flexibility index (Phi) is 6.30. The summed E-state index contributed by atoms with van der Waals surface area (Å²) < 4.78 is 65.7. The second-order valence-corrected chi connectivity index (χ2v) is 4.39. The highest BCUT2D eigenvalue weighted by molar-refractivity contribution is 6.30. The Balaban J connectivity index is 0.000000745. The first-order valence-electron chi connectivity index (χ1n) is 5.66. The summed E-state index contributed by atoms with van der Waals surface area (Å²) in [6.45, 7) is -0.250. The first-order valence-corrected chi connectivity index (χ1v) is 6.03. The number of rotatable bonds is 2. The number of hydrogen-bond acceptors (Lipinski definition) is 1. The van der Waals surface area contributed by atoms with Crippen molar-refractivity contribution in [3.63, 3.8) is 0 Å². The van der Waals surface area contributed by atoms with Crippen molar-refractivity contribution in [2.75, 3.05) is 0 Å². The van der Waals surface area contributed by atoms with Crippen LogP contribution in [0.3, 0.4) is 0 Å². The summed E-state index contributed by atoms with van der Waals surface area (Å²) in [5.74, 6) is -9.67. The average Bonchev–Trinajstić information content (AvgIpc) is 2.50. The van der Waals surface area contributed by atoms with Gasteiger partial charge in [-0.3, -0.25) is 4.79 Å². The van der Waals surface area contributed by atoms with E-state index in [1.54, 1.807) is 0 Å². The molecule has 0 spiro atoms. The van der Waals surface area contributed by atoms with Crippen molar-refractivity contribution < 1.29 is 31.9 Å². The quantitative estimate of drug-likeness (QED) is 0.383. The molecule has 0 radical (unpaired) electrons. The van der Waals surface area contributed by atoms with E-state index in [4.69, 9.17) is 21.5 Å². The highest BCUT2D eigenvalue weighted by atomic mass is 35.5. The smallest absolute Gasteiger partial charge is 0.290 e. The van der Waals surface area contributed by atoms with Crippen LogP contribution in [0.1, 0.15) is 11.1 Å².